The van der Waals surface area contributed by atoms with E-state index >= 15 is 0 Å². The minimum atomic E-state index is -0.757. The van der Waals surface area contributed by atoms with Crippen LogP contribution in [0.1, 0.15) is 69.3 Å². The average molecular weight is 372 g/mol. The Morgan fingerprint density at radius 2 is 1.30 bits per heavy atom. The van der Waals surface area contributed by atoms with Gasteiger partial charge in [0.1, 0.15) is 5.75 Å². The van der Waals surface area contributed by atoms with Crippen molar-refractivity contribution in [3.8, 4) is 5.75 Å². The molecule has 1 aliphatic heterocycles. The summed E-state index contributed by atoms with van der Waals surface area (Å²) in [6.45, 7) is 0. The lowest BCUT2D eigenvalue weighted by atomic mass is 9.53. The Labute approximate surface area is 159 Å². The van der Waals surface area contributed by atoms with Crippen LogP contribution >= 0.6 is 0 Å². The van der Waals surface area contributed by atoms with Crippen LogP contribution in [0.4, 0.5) is 0 Å². The third kappa shape index (κ3) is 2.59. The summed E-state index contributed by atoms with van der Waals surface area (Å²) in [7, 11) is 0. The van der Waals surface area contributed by atoms with Crippen molar-refractivity contribution >= 4 is 0 Å². The molecule has 1 saturated heterocycles. The summed E-state index contributed by atoms with van der Waals surface area (Å²) < 4.78 is 0. The highest BCUT2D eigenvalue weighted by Crippen LogP contribution is 2.62. The van der Waals surface area contributed by atoms with Gasteiger partial charge in [0.15, 0.2) is 0 Å². The third-order valence-corrected chi connectivity index (χ3v) is 8.04. The first kappa shape index (κ1) is 16.8. The van der Waals surface area contributed by atoms with Gasteiger partial charge in [-0.2, -0.15) is 19.6 Å². The van der Waals surface area contributed by atoms with Crippen LogP contribution in [0.2, 0.25) is 0 Å². The summed E-state index contributed by atoms with van der Waals surface area (Å²) in [5, 5.41) is 9.49. The minimum absolute atomic E-state index is 0.313. The first-order valence-corrected chi connectivity index (χ1v) is 10.7. The Balaban J connectivity index is 1.13. The molecule has 5 heteroatoms. The number of hydrogen-bond donors (Lipinski definition) is 1. The molecule has 0 atom stereocenters. The fourth-order valence-electron chi connectivity index (χ4n) is 6.73. The van der Waals surface area contributed by atoms with Gasteiger partial charge in [0.2, 0.25) is 11.6 Å². The molecule has 0 radical (unpaired) electrons. The summed E-state index contributed by atoms with van der Waals surface area (Å²) in [5.41, 5.74) is 1.26. The zero-order chi connectivity index (χ0) is 18.1. The Kier molecular flexibility index (Phi) is 3.68. The van der Waals surface area contributed by atoms with E-state index in [1.165, 1.54) is 37.7 Å². The average Bonchev–Trinajstić information content (AvgIpc) is 2.69. The second-order valence-corrected chi connectivity index (χ2v) is 9.64. The smallest absolute Gasteiger partial charge is 0.239 e. The zero-order valence-electron chi connectivity index (χ0n) is 15.6. The molecule has 1 aromatic carbocycles. The van der Waals surface area contributed by atoms with E-state index in [1.54, 1.807) is 12.1 Å². The molecular formula is C22H28O5. The van der Waals surface area contributed by atoms with Crippen LogP contribution in [0.3, 0.4) is 0 Å². The van der Waals surface area contributed by atoms with Gasteiger partial charge in [0.05, 0.1) is 0 Å². The molecule has 146 valence electrons. The lowest BCUT2D eigenvalue weighted by Gasteiger charge is -2.60. The normalized spacial score (nSPS) is 48.4. The van der Waals surface area contributed by atoms with E-state index in [0.717, 1.165) is 37.5 Å². The van der Waals surface area contributed by atoms with Crippen molar-refractivity contribution in [1.29, 1.82) is 0 Å². The lowest BCUT2D eigenvalue weighted by molar-refractivity contribution is -0.680. The van der Waals surface area contributed by atoms with E-state index in [-0.39, 0.29) is 0 Å². The zero-order valence-corrected chi connectivity index (χ0v) is 15.6. The number of benzene rings is 1. The summed E-state index contributed by atoms with van der Waals surface area (Å²) in [5.74, 6) is 1.89. The van der Waals surface area contributed by atoms with E-state index < -0.39 is 11.6 Å². The monoisotopic (exact) mass is 372 g/mol. The van der Waals surface area contributed by atoms with Crippen LogP contribution in [0, 0.1) is 23.7 Å². The molecule has 5 aliphatic carbocycles. The predicted molar refractivity (Wildman–Crippen MR) is 96.2 cm³/mol. The SMILES string of the molecule is Oc1ccc(C2CCC3(CC2)OOC2(OO3)C3CC4CC(C3)CC2C4)cc1. The molecule has 6 fully saturated rings. The molecule has 1 N–H and O–H groups in total. The van der Waals surface area contributed by atoms with E-state index in [1.807, 2.05) is 12.1 Å². The number of aromatic hydroxyl groups is 1. The molecule has 1 heterocycles. The Morgan fingerprint density at radius 1 is 0.741 bits per heavy atom. The van der Waals surface area contributed by atoms with E-state index in [0.29, 0.717) is 23.5 Å². The van der Waals surface area contributed by atoms with Crippen LogP contribution in [-0.2, 0) is 19.6 Å². The van der Waals surface area contributed by atoms with Gasteiger partial charge in [0, 0.05) is 24.7 Å². The number of hydrogen-bond acceptors (Lipinski definition) is 5. The van der Waals surface area contributed by atoms with Crippen molar-refractivity contribution in [2.45, 2.75) is 75.3 Å². The molecule has 1 aromatic rings. The quantitative estimate of drug-likeness (QED) is 0.717. The largest absolute Gasteiger partial charge is 0.508 e. The van der Waals surface area contributed by atoms with Gasteiger partial charge in [-0.1, -0.05) is 12.1 Å². The van der Waals surface area contributed by atoms with E-state index in [9.17, 15) is 5.11 Å². The van der Waals surface area contributed by atoms with Gasteiger partial charge in [-0.15, -0.1) is 0 Å². The maximum absolute atomic E-state index is 9.49. The molecule has 0 amide bonds. The van der Waals surface area contributed by atoms with Gasteiger partial charge < -0.3 is 5.11 Å². The van der Waals surface area contributed by atoms with Crippen LogP contribution in [0.5, 0.6) is 5.75 Å². The molecule has 5 nitrogen and oxygen atoms in total. The first-order valence-electron chi connectivity index (χ1n) is 10.7. The first-order chi connectivity index (χ1) is 13.1. The molecule has 6 aliphatic rings. The summed E-state index contributed by atoms with van der Waals surface area (Å²) >= 11 is 0. The minimum Gasteiger partial charge on any atom is -0.508 e. The molecule has 0 unspecified atom stereocenters. The summed E-state index contributed by atoms with van der Waals surface area (Å²) in [6, 6.07) is 7.54. The molecule has 7 rings (SSSR count). The van der Waals surface area contributed by atoms with Crippen molar-refractivity contribution in [3.05, 3.63) is 29.8 Å². The number of rotatable bonds is 1. The Morgan fingerprint density at radius 3 is 1.85 bits per heavy atom. The molecule has 27 heavy (non-hydrogen) atoms. The maximum Gasteiger partial charge on any atom is 0.239 e. The molecule has 0 aromatic heterocycles. The number of phenolic OH excluding ortho intramolecular Hbond substituents is 1. The van der Waals surface area contributed by atoms with Crippen molar-refractivity contribution in [2.75, 3.05) is 0 Å². The number of phenols is 1. The van der Waals surface area contributed by atoms with Gasteiger partial charge in [-0.25, -0.2) is 0 Å². The standard InChI is InChI=1S/C22H28O5/c23-20-3-1-16(2-4-20)17-5-7-21(8-6-17)24-26-22(27-25-21)18-10-14-9-15(12-18)13-19(22)11-14/h1-4,14-15,17-19,23H,5-13H2. The van der Waals surface area contributed by atoms with Gasteiger partial charge in [0.25, 0.3) is 0 Å². The highest BCUT2D eigenvalue weighted by Gasteiger charge is 2.64. The molecular weight excluding hydrogens is 344 g/mol. The summed E-state index contributed by atoms with van der Waals surface area (Å²) in [4.78, 5) is 24.2. The second kappa shape index (κ2) is 5.93. The van der Waals surface area contributed by atoms with Crippen molar-refractivity contribution < 1.29 is 24.7 Å². The fourth-order valence-corrected chi connectivity index (χ4v) is 6.73. The van der Waals surface area contributed by atoms with Crippen molar-refractivity contribution in [1.82, 2.24) is 0 Å². The van der Waals surface area contributed by atoms with E-state index in [4.69, 9.17) is 19.6 Å². The lowest BCUT2D eigenvalue weighted by Crippen LogP contribution is -2.64. The fraction of sp³-hybridized carbons (Fsp3) is 0.727. The van der Waals surface area contributed by atoms with Gasteiger partial charge >= 0.3 is 0 Å². The van der Waals surface area contributed by atoms with Crippen molar-refractivity contribution in [2.24, 2.45) is 23.7 Å². The highest BCUT2D eigenvalue weighted by molar-refractivity contribution is 5.28. The van der Waals surface area contributed by atoms with Crippen LogP contribution in [0.15, 0.2) is 24.3 Å². The predicted octanol–water partition coefficient (Wildman–Crippen LogP) is 4.81. The highest BCUT2D eigenvalue weighted by atomic mass is 17.4. The van der Waals surface area contributed by atoms with Gasteiger partial charge in [-0.05, 0) is 80.4 Å². The third-order valence-electron chi connectivity index (χ3n) is 8.04. The molecule has 4 bridgehead atoms. The van der Waals surface area contributed by atoms with Crippen LogP contribution < -0.4 is 0 Å². The Bertz CT molecular complexity index is 666. The summed E-state index contributed by atoms with van der Waals surface area (Å²) in [6.07, 6.45) is 9.59. The second-order valence-electron chi connectivity index (χ2n) is 9.64. The van der Waals surface area contributed by atoms with Crippen molar-refractivity contribution in [3.63, 3.8) is 0 Å². The van der Waals surface area contributed by atoms with Gasteiger partial charge in [-0.3, -0.25) is 0 Å². The Hall–Kier alpha value is -1.14. The molecule has 5 saturated carbocycles. The molecule has 2 spiro atoms. The maximum atomic E-state index is 9.49. The van der Waals surface area contributed by atoms with E-state index in [2.05, 4.69) is 0 Å². The topological polar surface area (TPSA) is 57.2 Å². The van der Waals surface area contributed by atoms with Crippen LogP contribution in [-0.4, -0.2) is 16.7 Å². The van der Waals surface area contributed by atoms with Crippen LogP contribution in [0.25, 0.3) is 0 Å².